The van der Waals surface area contributed by atoms with Gasteiger partial charge in [0.2, 0.25) is 10.6 Å². The van der Waals surface area contributed by atoms with Crippen LogP contribution in [0.3, 0.4) is 0 Å². The van der Waals surface area contributed by atoms with E-state index in [2.05, 4.69) is 73.0 Å². The van der Waals surface area contributed by atoms with Gasteiger partial charge in [-0.15, -0.1) is 0 Å². The fourth-order valence-corrected chi connectivity index (χ4v) is 5.20. The Morgan fingerprint density at radius 1 is 0.930 bits per heavy atom. The van der Waals surface area contributed by atoms with Gasteiger partial charge in [-0.2, -0.15) is 19.9 Å². The molecule has 2 fully saturated rings. The molecule has 18 heteroatoms. The third-order valence-electron chi connectivity index (χ3n) is 6.72. The van der Waals surface area contributed by atoms with Gasteiger partial charge in [0, 0.05) is 19.1 Å². The van der Waals surface area contributed by atoms with Crippen molar-refractivity contribution in [3.8, 4) is 0 Å². The molecule has 0 saturated heterocycles. The largest absolute Gasteiger partial charge is 1.00 e. The second-order valence-electron chi connectivity index (χ2n) is 9.46. The van der Waals surface area contributed by atoms with E-state index in [1.807, 2.05) is 16.5 Å². The zero-order valence-corrected chi connectivity index (χ0v) is 34.9. The van der Waals surface area contributed by atoms with E-state index in [1.54, 1.807) is 12.7 Å². The van der Waals surface area contributed by atoms with Gasteiger partial charge in [0.25, 0.3) is 6.47 Å². The summed E-state index contributed by atoms with van der Waals surface area (Å²) >= 11 is 14.0. The molecule has 2 saturated carbocycles. The standard InChI is InChI=1S/C12H16ClN5.C11H14ClN5.CH3I.CH2O3.2K.H/c1-18-7-14-9-10(16-12(13)17-11(9)18)15-8-5-3-2-4-6-8;12-11-16-9-8(13-6-14-9)10(17-11)15-7-4-2-1-3-5-7;1-2;2-1-4-3;;;/h7-8H,2-6H2,1H3,(H,15,16,17);6-7H,1-5H2,(H2,13,14,15,16,17);1H3;1,3H;;;/q;;;;2*+1;-1/p-1. The van der Waals surface area contributed by atoms with Crippen molar-refractivity contribution in [2.24, 2.45) is 7.05 Å². The Kier molecular flexibility index (Phi) is 22.4. The summed E-state index contributed by atoms with van der Waals surface area (Å²) in [6, 6.07) is 0.969. The van der Waals surface area contributed by atoms with Crippen molar-refractivity contribution in [3.05, 3.63) is 23.2 Å². The number of hydrogen-bond donors (Lipinski definition) is 3. The Balaban J connectivity index is 0.000000676. The van der Waals surface area contributed by atoms with E-state index in [0.29, 0.717) is 17.7 Å². The van der Waals surface area contributed by atoms with E-state index in [1.165, 1.54) is 64.2 Å². The normalized spacial score (nSPS) is 14.7. The predicted octanol–water partition coefficient (Wildman–Crippen LogP) is -0.881. The summed E-state index contributed by atoms with van der Waals surface area (Å²) in [5.74, 6) is 1.53. The average Bonchev–Trinajstić information content (AvgIpc) is 3.62. The minimum atomic E-state index is -0.181. The molecule has 0 aromatic carbocycles. The molecule has 3 N–H and O–H groups in total. The first kappa shape index (κ1) is 41.7. The Labute approximate surface area is 361 Å². The van der Waals surface area contributed by atoms with E-state index in [0.717, 1.165) is 28.3 Å². The van der Waals surface area contributed by atoms with Gasteiger partial charge in [0.15, 0.2) is 28.4 Å². The van der Waals surface area contributed by atoms with Crippen LogP contribution in [0.1, 0.15) is 65.6 Å². The van der Waals surface area contributed by atoms with Gasteiger partial charge in [0.05, 0.1) is 12.7 Å². The number of aryl methyl sites for hydroxylation is 1. The molecule has 2 aliphatic carbocycles. The number of halogens is 3. The maximum Gasteiger partial charge on any atom is 1.00 e. The van der Waals surface area contributed by atoms with Gasteiger partial charge in [-0.1, -0.05) is 61.1 Å². The summed E-state index contributed by atoms with van der Waals surface area (Å²) in [5.41, 5.74) is 3.02. The van der Waals surface area contributed by atoms with Crippen molar-refractivity contribution in [1.82, 2.24) is 39.5 Å². The first-order valence-electron chi connectivity index (χ1n) is 13.3. The maximum atomic E-state index is 8.64. The molecule has 226 valence electrons. The van der Waals surface area contributed by atoms with Gasteiger partial charge < -0.3 is 31.8 Å². The average molecular weight is 800 g/mol. The van der Waals surface area contributed by atoms with E-state index in [9.17, 15) is 0 Å². The third kappa shape index (κ3) is 13.4. The molecule has 2 aliphatic rings. The van der Waals surface area contributed by atoms with Crippen LogP contribution in [-0.2, 0) is 16.7 Å². The molecule has 0 aliphatic heterocycles. The van der Waals surface area contributed by atoms with Crippen molar-refractivity contribution >= 4 is 86.2 Å². The van der Waals surface area contributed by atoms with E-state index >= 15 is 0 Å². The SMILES string of the molecule is CI.Clc1nc(NC2CCCCC2)c2[nH]cnc2n1.Cn1cnc2c(NC3CCCCC3)nc(Cl)nc21.O=CO[O-].[H-].[K+].[K+]. The van der Waals surface area contributed by atoms with Crippen LogP contribution in [0.2, 0.25) is 10.6 Å². The number of aromatic amines is 1. The molecule has 43 heavy (non-hydrogen) atoms. The number of nitrogens with one attached hydrogen (secondary N) is 3. The van der Waals surface area contributed by atoms with Crippen LogP contribution in [0, 0.1) is 0 Å². The van der Waals surface area contributed by atoms with E-state index in [-0.39, 0.29) is 121 Å². The molecule has 4 heterocycles. The Hall–Kier alpha value is 0.713. The zero-order chi connectivity index (χ0) is 29.6. The molecule has 4 aromatic rings. The number of hydrogen-bond acceptors (Lipinski definition) is 11. The summed E-state index contributed by atoms with van der Waals surface area (Å²) in [6.07, 6.45) is 15.9. The van der Waals surface area contributed by atoms with Crippen LogP contribution >= 0.6 is 45.8 Å². The van der Waals surface area contributed by atoms with Crippen LogP contribution in [-0.4, -0.2) is 62.9 Å². The summed E-state index contributed by atoms with van der Waals surface area (Å²) < 4.78 is 1.86. The van der Waals surface area contributed by atoms with Crippen LogP contribution in [0.25, 0.3) is 22.3 Å². The summed E-state index contributed by atoms with van der Waals surface area (Å²) in [5, 5.41) is 15.8. The van der Waals surface area contributed by atoms with Crippen molar-refractivity contribution < 1.29 is 119 Å². The molecular formula is C25H35Cl2IK2N10O3. The topological polar surface area (TPSA) is 171 Å². The molecule has 0 unspecified atom stereocenters. The number of alkyl halides is 1. The fraction of sp³-hybridized carbons (Fsp3) is 0.560. The van der Waals surface area contributed by atoms with Crippen molar-refractivity contribution in [3.63, 3.8) is 0 Å². The summed E-state index contributed by atoms with van der Waals surface area (Å²) in [6.45, 7) is -0.181. The number of anilines is 2. The van der Waals surface area contributed by atoms with Gasteiger partial charge in [-0.25, -0.2) is 9.97 Å². The van der Waals surface area contributed by atoms with E-state index < -0.39 is 0 Å². The number of nitrogens with zero attached hydrogens (tertiary/aromatic N) is 7. The van der Waals surface area contributed by atoms with Gasteiger partial charge in [0.1, 0.15) is 5.52 Å². The predicted molar refractivity (Wildman–Crippen MR) is 167 cm³/mol. The third-order valence-corrected chi connectivity index (χ3v) is 7.06. The second-order valence-corrected chi connectivity index (χ2v) is 10.1. The van der Waals surface area contributed by atoms with Crippen molar-refractivity contribution in [2.45, 2.75) is 76.3 Å². The van der Waals surface area contributed by atoms with Crippen LogP contribution in [0.5, 0.6) is 0 Å². The number of H-pyrrole nitrogens is 1. The molecule has 4 aromatic heterocycles. The van der Waals surface area contributed by atoms with Gasteiger partial charge in [-0.05, 0) is 53.8 Å². The van der Waals surface area contributed by atoms with Crippen molar-refractivity contribution in [1.29, 1.82) is 0 Å². The Bertz CT molecular complexity index is 1380. The molecule has 0 bridgehead atoms. The summed E-state index contributed by atoms with van der Waals surface area (Å²) in [4.78, 5) is 41.5. The van der Waals surface area contributed by atoms with Crippen LogP contribution < -0.4 is 119 Å². The fourth-order valence-electron chi connectivity index (χ4n) is 4.87. The Morgan fingerprint density at radius 2 is 1.44 bits per heavy atom. The number of fused-ring (bicyclic) bond motifs is 2. The molecule has 0 radical (unpaired) electrons. The molecule has 0 spiro atoms. The quantitative estimate of drug-likeness (QED) is 0.0436. The number of carbonyl (C=O) groups is 1. The molecule has 6 rings (SSSR count). The van der Waals surface area contributed by atoms with Crippen molar-refractivity contribution in [2.75, 3.05) is 15.6 Å². The molecule has 0 atom stereocenters. The zero-order valence-electron chi connectivity index (χ0n) is 25.9. The first-order chi connectivity index (χ1) is 20.0. The van der Waals surface area contributed by atoms with Gasteiger partial charge in [-0.3, -0.25) is 4.79 Å². The number of imidazole rings is 2. The molecule has 0 amide bonds. The maximum absolute atomic E-state index is 8.64. The minimum absolute atomic E-state index is 0. The smallest absolute Gasteiger partial charge is 1.00 e. The Morgan fingerprint density at radius 3 is 2.00 bits per heavy atom. The first-order valence-corrected chi connectivity index (χ1v) is 16.2. The summed E-state index contributed by atoms with van der Waals surface area (Å²) in [7, 11) is 1.91. The van der Waals surface area contributed by atoms with Gasteiger partial charge >= 0.3 is 103 Å². The molecular weight excluding hydrogens is 764 g/mol. The number of rotatable bonds is 5. The minimum Gasteiger partial charge on any atom is -1.00 e. The monoisotopic (exact) mass is 798 g/mol. The number of aromatic nitrogens is 8. The second kappa shape index (κ2) is 23.1. The molecule has 13 nitrogen and oxygen atoms in total. The number of carbonyl (C=O) groups excluding carboxylic acids is 1. The van der Waals surface area contributed by atoms with Crippen LogP contribution in [0.4, 0.5) is 11.6 Å². The van der Waals surface area contributed by atoms with E-state index in [4.69, 9.17) is 33.3 Å². The van der Waals surface area contributed by atoms with Crippen LogP contribution in [0.15, 0.2) is 12.7 Å².